The number of ether oxygens (including phenoxy) is 1. The van der Waals surface area contributed by atoms with Gasteiger partial charge in [-0.3, -0.25) is 0 Å². The highest BCUT2D eigenvalue weighted by Crippen LogP contribution is 2.27. The third-order valence-corrected chi connectivity index (χ3v) is 2.77. The first-order chi connectivity index (χ1) is 9.19. The highest BCUT2D eigenvalue weighted by molar-refractivity contribution is 6.29. The van der Waals surface area contributed by atoms with Crippen LogP contribution < -0.4 is 10.1 Å². The van der Waals surface area contributed by atoms with Gasteiger partial charge in [-0.2, -0.15) is 0 Å². The number of aromatic hydroxyl groups is 1. The fourth-order valence-corrected chi connectivity index (χ4v) is 1.74. The van der Waals surface area contributed by atoms with Crippen LogP contribution in [0.4, 0.5) is 5.69 Å². The fraction of sp³-hybridized carbons (Fsp3) is 0.214. The van der Waals surface area contributed by atoms with Gasteiger partial charge in [0, 0.05) is 6.54 Å². The second kappa shape index (κ2) is 6.29. The minimum atomic E-state index is 0.152. The summed E-state index contributed by atoms with van der Waals surface area (Å²) in [4.78, 5) is 3.99. The van der Waals surface area contributed by atoms with Gasteiger partial charge in [-0.1, -0.05) is 17.7 Å². The van der Waals surface area contributed by atoms with E-state index in [0.29, 0.717) is 24.1 Å². The van der Waals surface area contributed by atoms with Crippen molar-refractivity contribution in [2.45, 2.75) is 13.5 Å². The Bertz CT molecular complexity index is 544. The molecule has 100 valence electrons. The average molecular weight is 279 g/mol. The van der Waals surface area contributed by atoms with E-state index in [1.54, 1.807) is 18.3 Å². The van der Waals surface area contributed by atoms with Crippen molar-refractivity contribution >= 4 is 17.3 Å². The molecule has 0 unspecified atom stereocenters. The van der Waals surface area contributed by atoms with Gasteiger partial charge >= 0.3 is 0 Å². The van der Waals surface area contributed by atoms with Gasteiger partial charge in [-0.05, 0) is 36.8 Å². The maximum absolute atomic E-state index is 9.61. The molecule has 1 aromatic carbocycles. The van der Waals surface area contributed by atoms with Crippen molar-refractivity contribution in [3.05, 3.63) is 47.2 Å². The quantitative estimate of drug-likeness (QED) is 0.823. The van der Waals surface area contributed by atoms with Crippen LogP contribution in [0.5, 0.6) is 11.5 Å². The summed E-state index contributed by atoms with van der Waals surface area (Å²) in [5, 5.41) is 13.3. The summed E-state index contributed by atoms with van der Waals surface area (Å²) in [6.07, 6.45) is 1.67. The number of anilines is 1. The molecule has 0 spiro atoms. The molecule has 0 atom stereocenters. The van der Waals surface area contributed by atoms with Gasteiger partial charge in [0.05, 0.1) is 18.5 Å². The van der Waals surface area contributed by atoms with E-state index in [1.807, 2.05) is 25.1 Å². The molecule has 1 heterocycles. The zero-order valence-corrected chi connectivity index (χ0v) is 11.3. The van der Waals surface area contributed by atoms with E-state index in [0.717, 1.165) is 11.3 Å². The molecule has 5 heteroatoms. The molecule has 2 aromatic rings. The molecular weight excluding hydrogens is 264 g/mol. The summed E-state index contributed by atoms with van der Waals surface area (Å²) < 4.78 is 5.34. The SMILES string of the molecule is CCOc1cc(CNc2ccc(Cl)nc2)ccc1O. The predicted octanol–water partition coefficient (Wildman–Crippen LogP) is 3.45. The van der Waals surface area contributed by atoms with Crippen molar-refractivity contribution in [2.75, 3.05) is 11.9 Å². The monoisotopic (exact) mass is 278 g/mol. The van der Waals surface area contributed by atoms with Gasteiger partial charge in [0.15, 0.2) is 11.5 Å². The first-order valence-corrected chi connectivity index (χ1v) is 6.37. The summed E-state index contributed by atoms with van der Waals surface area (Å²) in [6.45, 7) is 3.01. The van der Waals surface area contributed by atoms with E-state index >= 15 is 0 Å². The number of rotatable bonds is 5. The Morgan fingerprint density at radius 3 is 2.84 bits per heavy atom. The fourth-order valence-electron chi connectivity index (χ4n) is 1.62. The van der Waals surface area contributed by atoms with Gasteiger partial charge < -0.3 is 15.2 Å². The molecule has 0 saturated carbocycles. The first kappa shape index (κ1) is 13.5. The normalized spacial score (nSPS) is 10.2. The van der Waals surface area contributed by atoms with E-state index in [4.69, 9.17) is 16.3 Å². The van der Waals surface area contributed by atoms with Gasteiger partial charge in [0.25, 0.3) is 0 Å². The number of pyridine rings is 1. The Labute approximate surface area is 117 Å². The van der Waals surface area contributed by atoms with Crippen LogP contribution in [0.3, 0.4) is 0 Å². The predicted molar refractivity (Wildman–Crippen MR) is 75.8 cm³/mol. The number of hydrogen-bond donors (Lipinski definition) is 2. The van der Waals surface area contributed by atoms with Crippen molar-refractivity contribution in [1.82, 2.24) is 4.98 Å². The molecular formula is C14H15ClN2O2. The minimum Gasteiger partial charge on any atom is -0.504 e. The summed E-state index contributed by atoms with van der Waals surface area (Å²) in [5.41, 5.74) is 1.90. The second-order valence-electron chi connectivity index (χ2n) is 3.96. The topological polar surface area (TPSA) is 54.4 Å². The zero-order valence-electron chi connectivity index (χ0n) is 10.6. The van der Waals surface area contributed by atoms with Crippen LogP contribution in [0, 0.1) is 0 Å². The standard InChI is InChI=1S/C14H15ClN2O2/c1-2-19-13-7-10(3-5-12(13)18)8-16-11-4-6-14(15)17-9-11/h3-7,9,16,18H,2,8H2,1H3. The van der Waals surface area contributed by atoms with Gasteiger partial charge in [-0.15, -0.1) is 0 Å². The molecule has 19 heavy (non-hydrogen) atoms. The lowest BCUT2D eigenvalue weighted by molar-refractivity contribution is 0.318. The van der Waals surface area contributed by atoms with E-state index in [1.165, 1.54) is 0 Å². The molecule has 2 rings (SSSR count). The largest absolute Gasteiger partial charge is 0.504 e. The number of benzene rings is 1. The number of phenolic OH excluding ortho intramolecular Hbond substituents is 1. The van der Waals surface area contributed by atoms with E-state index in [-0.39, 0.29) is 5.75 Å². The number of nitrogens with zero attached hydrogens (tertiary/aromatic N) is 1. The van der Waals surface area contributed by atoms with E-state index in [2.05, 4.69) is 10.3 Å². The van der Waals surface area contributed by atoms with Crippen LogP contribution in [0.1, 0.15) is 12.5 Å². The summed E-state index contributed by atoms with van der Waals surface area (Å²) in [7, 11) is 0. The highest BCUT2D eigenvalue weighted by atomic mass is 35.5. The minimum absolute atomic E-state index is 0.152. The summed E-state index contributed by atoms with van der Waals surface area (Å²) >= 11 is 5.72. The Balaban J connectivity index is 2.03. The van der Waals surface area contributed by atoms with Crippen molar-refractivity contribution in [3.8, 4) is 11.5 Å². The number of nitrogens with one attached hydrogen (secondary N) is 1. The Kier molecular flexibility index (Phi) is 4.47. The van der Waals surface area contributed by atoms with Crippen LogP contribution in [0.15, 0.2) is 36.5 Å². The zero-order chi connectivity index (χ0) is 13.7. The van der Waals surface area contributed by atoms with Gasteiger partial charge in [-0.25, -0.2) is 4.98 Å². The van der Waals surface area contributed by atoms with E-state index < -0.39 is 0 Å². The highest BCUT2D eigenvalue weighted by Gasteiger charge is 2.03. The molecule has 1 aromatic heterocycles. The Hall–Kier alpha value is -1.94. The third kappa shape index (κ3) is 3.76. The van der Waals surface area contributed by atoms with Gasteiger partial charge in [0.2, 0.25) is 0 Å². The van der Waals surface area contributed by atoms with Crippen molar-refractivity contribution in [2.24, 2.45) is 0 Å². The first-order valence-electron chi connectivity index (χ1n) is 5.99. The Morgan fingerprint density at radius 2 is 2.16 bits per heavy atom. The third-order valence-electron chi connectivity index (χ3n) is 2.55. The number of phenols is 1. The molecule has 0 saturated heterocycles. The smallest absolute Gasteiger partial charge is 0.161 e. The lowest BCUT2D eigenvalue weighted by Crippen LogP contribution is -2.00. The van der Waals surface area contributed by atoms with Crippen LogP contribution in [-0.4, -0.2) is 16.7 Å². The lowest BCUT2D eigenvalue weighted by atomic mass is 10.2. The second-order valence-corrected chi connectivity index (χ2v) is 4.35. The van der Waals surface area contributed by atoms with Crippen LogP contribution >= 0.6 is 11.6 Å². The van der Waals surface area contributed by atoms with Crippen LogP contribution in [-0.2, 0) is 6.54 Å². The average Bonchev–Trinajstić information content (AvgIpc) is 2.42. The summed E-state index contributed by atoms with van der Waals surface area (Å²) in [6, 6.07) is 8.87. The van der Waals surface area contributed by atoms with Gasteiger partial charge in [0.1, 0.15) is 5.15 Å². The molecule has 0 aliphatic heterocycles. The number of aromatic nitrogens is 1. The summed E-state index contributed by atoms with van der Waals surface area (Å²) in [5.74, 6) is 0.648. The number of hydrogen-bond acceptors (Lipinski definition) is 4. The van der Waals surface area contributed by atoms with Crippen molar-refractivity contribution < 1.29 is 9.84 Å². The molecule has 2 N–H and O–H groups in total. The van der Waals surface area contributed by atoms with Crippen molar-refractivity contribution in [1.29, 1.82) is 0 Å². The van der Waals surface area contributed by atoms with Crippen molar-refractivity contribution in [3.63, 3.8) is 0 Å². The number of halogens is 1. The van der Waals surface area contributed by atoms with Crippen LogP contribution in [0.25, 0.3) is 0 Å². The van der Waals surface area contributed by atoms with E-state index in [9.17, 15) is 5.11 Å². The molecule has 0 aliphatic carbocycles. The van der Waals surface area contributed by atoms with Crippen LogP contribution in [0.2, 0.25) is 5.15 Å². The molecule has 0 bridgehead atoms. The molecule has 0 fully saturated rings. The molecule has 0 aliphatic rings. The Morgan fingerprint density at radius 1 is 1.32 bits per heavy atom. The molecule has 4 nitrogen and oxygen atoms in total. The maximum Gasteiger partial charge on any atom is 0.161 e. The lowest BCUT2D eigenvalue weighted by Gasteiger charge is -2.10. The maximum atomic E-state index is 9.61. The molecule has 0 radical (unpaired) electrons. The molecule has 0 amide bonds.